The molecule has 0 atom stereocenters. The molecular formula is C29H36N4O6. The summed E-state index contributed by atoms with van der Waals surface area (Å²) in [5.74, 6) is 0.138. The van der Waals surface area contributed by atoms with Crippen molar-refractivity contribution in [3.63, 3.8) is 0 Å². The van der Waals surface area contributed by atoms with Gasteiger partial charge in [0.05, 0.1) is 31.0 Å². The van der Waals surface area contributed by atoms with E-state index < -0.39 is 5.97 Å². The Morgan fingerprint density at radius 2 is 1.82 bits per heavy atom. The lowest BCUT2D eigenvalue weighted by molar-refractivity contribution is -0.137. The van der Waals surface area contributed by atoms with Gasteiger partial charge in [0, 0.05) is 44.2 Å². The summed E-state index contributed by atoms with van der Waals surface area (Å²) in [5.41, 5.74) is 3.24. The van der Waals surface area contributed by atoms with Gasteiger partial charge < -0.3 is 29.7 Å². The van der Waals surface area contributed by atoms with Crippen LogP contribution in [0.25, 0.3) is 0 Å². The van der Waals surface area contributed by atoms with E-state index in [9.17, 15) is 14.4 Å². The van der Waals surface area contributed by atoms with E-state index in [-0.39, 0.29) is 30.5 Å². The predicted molar refractivity (Wildman–Crippen MR) is 147 cm³/mol. The van der Waals surface area contributed by atoms with Crippen LogP contribution in [-0.2, 0) is 11.3 Å². The molecule has 2 aromatic carbocycles. The highest BCUT2D eigenvalue weighted by Crippen LogP contribution is 2.34. The molecule has 10 nitrogen and oxygen atoms in total. The number of carbonyl (C=O) groups excluding carboxylic acids is 2. The third-order valence-electron chi connectivity index (χ3n) is 7.01. The van der Waals surface area contributed by atoms with Crippen LogP contribution in [0.4, 0.5) is 5.69 Å². The minimum atomic E-state index is -0.813. The van der Waals surface area contributed by atoms with Crippen molar-refractivity contribution in [2.75, 3.05) is 44.8 Å². The summed E-state index contributed by atoms with van der Waals surface area (Å²) >= 11 is 0. The molecule has 208 valence electrons. The molecule has 1 saturated heterocycles. The fourth-order valence-corrected chi connectivity index (χ4v) is 4.99. The van der Waals surface area contributed by atoms with Crippen LogP contribution in [0, 0.1) is 5.41 Å². The summed E-state index contributed by atoms with van der Waals surface area (Å²) in [6.45, 7) is 4.84. The maximum Gasteiger partial charge on any atom is 0.303 e. The molecule has 2 heterocycles. The number of amides is 1. The van der Waals surface area contributed by atoms with Gasteiger partial charge >= 0.3 is 5.97 Å². The number of carbonyl (C=O) groups is 3. The van der Waals surface area contributed by atoms with Crippen LogP contribution in [0.3, 0.4) is 0 Å². The van der Waals surface area contributed by atoms with Gasteiger partial charge in [-0.1, -0.05) is 0 Å². The van der Waals surface area contributed by atoms with Gasteiger partial charge in [0.1, 0.15) is 17.3 Å². The van der Waals surface area contributed by atoms with E-state index in [0.717, 1.165) is 37.2 Å². The number of Topliss-reactive ketones (excluding diaryl/α,β-unsaturated/α-hetero) is 1. The molecule has 2 aromatic rings. The first-order valence-corrected chi connectivity index (χ1v) is 13.4. The summed E-state index contributed by atoms with van der Waals surface area (Å²) in [7, 11) is 1.55. The van der Waals surface area contributed by atoms with Crippen molar-refractivity contribution in [1.29, 1.82) is 5.41 Å². The number of hydrogen-bond acceptors (Lipinski definition) is 7. The van der Waals surface area contributed by atoms with Crippen LogP contribution < -0.4 is 19.7 Å². The third kappa shape index (κ3) is 6.50. The van der Waals surface area contributed by atoms with Gasteiger partial charge in [-0.2, -0.15) is 0 Å². The van der Waals surface area contributed by atoms with Crippen LogP contribution in [-0.4, -0.2) is 73.4 Å². The van der Waals surface area contributed by atoms with Crippen molar-refractivity contribution >= 4 is 29.2 Å². The number of unbranched alkanes of at least 4 members (excludes halogenated alkanes) is 1. The van der Waals surface area contributed by atoms with Gasteiger partial charge in [-0.05, 0) is 68.5 Å². The Balaban J connectivity index is 1.48. The highest BCUT2D eigenvalue weighted by atomic mass is 16.5. The molecule has 0 radical (unpaired) electrons. The molecule has 0 unspecified atom stereocenters. The number of rotatable bonds is 13. The van der Waals surface area contributed by atoms with Crippen LogP contribution >= 0.6 is 0 Å². The maximum atomic E-state index is 13.4. The monoisotopic (exact) mass is 536 g/mol. The summed E-state index contributed by atoms with van der Waals surface area (Å²) in [4.78, 5) is 40.4. The van der Waals surface area contributed by atoms with E-state index in [0.29, 0.717) is 60.8 Å². The third-order valence-corrected chi connectivity index (χ3v) is 7.01. The first-order chi connectivity index (χ1) is 18.8. The summed E-state index contributed by atoms with van der Waals surface area (Å²) < 4.78 is 11.7. The molecule has 0 bridgehead atoms. The largest absolute Gasteiger partial charge is 0.493 e. The standard InChI is InChI=1S/C29H36N4O6/c1-3-38-26-15-20-17-33(28(30)21(20)16-22(26)29(37)31-2)18-24(34)19-9-10-25(39-13-7-4-8-27(35)36)23(14-19)32-11-5-6-12-32/h9-10,14-16,30H,3-8,11-13,17-18H2,1-2H3,(H,31,37)(H,35,36). The molecule has 10 heteroatoms. The first-order valence-electron chi connectivity index (χ1n) is 13.4. The number of carboxylic acids is 1. The number of nitrogens with zero attached hydrogens (tertiary/aromatic N) is 2. The smallest absolute Gasteiger partial charge is 0.303 e. The maximum absolute atomic E-state index is 13.4. The number of benzene rings is 2. The van der Waals surface area contributed by atoms with Crippen LogP contribution in [0.5, 0.6) is 11.5 Å². The normalized spacial score (nSPS) is 14.4. The van der Waals surface area contributed by atoms with Gasteiger partial charge in [-0.15, -0.1) is 0 Å². The van der Waals surface area contributed by atoms with E-state index in [1.165, 1.54) is 0 Å². The molecule has 2 aliphatic rings. The SMILES string of the molecule is CCOc1cc2c(cc1C(=O)NC)C(=N)N(CC(=O)c1ccc(OCCCCC(=O)O)c(N3CCCC3)c1)C2. The van der Waals surface area contributed by atoms with E-state index >= 15 is 0 Å². The Morgan fingerprint density at radius 1 is 1.05 bits per heavy atom. The molecule has 0 aromatic heterocycles. The Hall–Kier alpha value is -4.08. The molecule has 1 amide bonds. The second-order valence-corrected chi connectivity index (χ2v) is 9.72. The molecular weight excluding hydrogens is 500 g/mol. The van der Waals surface area contributed by atoms with E-state index in [4.69, 9.17) is 20.0 Å². The molecule has 4 rings (SSSR count). The Morgan fingerprint density at radius 3 is 2.51 bits per heavy atom. The quantitative estimate of drug-likeness (QED) is 0.261. The topological polar surface area (TPSA) is 132 Å². The lowest BCUT2D eigenvalue weighted by Crippen LogP contribution is -2.30. The zero-order valence-corrected chi connectivity index (χ0v) is 22.5. The fourth-order valence-electron chi connectivity index (χ4n) is 4.99. The highest BCUT2D eigenvalue weighted by Gasteiger charge is 2.29. The highest BCUT2D eigenvalue weighted by molar-refractivity contribution is 6.07. The van der Waals surface area contributed by atoms with Crippen molar-refractivity contribution in [1.82, 2.24) is 10.2 Å². The molecule has 0 spiro atoms. The number of ether oxygens (including phenoxy) is 2. The summed E-state index contributed by atoms with van der Waals surface area (Å²) in [6, 6.07) is 8.88. The van der Waals surface area contributed by atoms with Crippen molar-refractivity contribution < 1.29 is 29.0 Å². The number of amidine groups is 1. The second-order valence-electron chi connectivity index (χ2n) is 9.72. The number of carboxylic acid groups (broad SMARTS) is 1. The molecule has 0 saturated carbocycles. The van der Waals surface area contributed by atoms with Gasteiger partial charge in [0.25, 0.3) is 5.91 Å². The predicted octanol–water partition coefficient (Wildman–Crippen LogP) is 3.70. The average molecular weight is 537 g/mol. The van der Waals surface area contributed by atoms with Gasteiger partial charge in [-0.3, -0.25) is 19.8 Å². The minimum absolute atomic E-state index is 0.0294. The molecule has 39 heavy (non-hydrogen) atoms. The molecule has 3 N–H and O–H groups in total. The van der Waals surface area contributed by atoms with Crippen LogP contribution in [0.15, 0.2) is 30.3 Å². The molecule has 0 aliphatic carbocycles. The van der Waals surface area contributed by atoms with E-state index in [2.05, 4.69) is 10.2 Å². The minimum Gasteiger partial charge on any atom is -0.493 e. The average Bonchev–Trinajstić information content (AvgIpc) is 3.56. The summed E-state index contributed by atoms with van der Waals surface area (Å²) in [5, 5.41) is 20.1. The number of aliphatic carboxylic acids is 1. The zero-order valence-electron chi connectivity index (χ0n) is 22.5. The second kappa shape index (κ2) is 12.6. The van der Waals surface area contributed by atoms with E-state index in [1.807, 2.05) is 19.1 Å². The van der Waals surface area contributed by atoms with Gasteiger partial charge in [0.2, 0.25) is 0 Å². The Kier molecular flexibility index (Phi) is 9.06. The number of nitrogens with one attached hydrogen (secondary N) is 2. The van der Waals surface area contributed by atoms with Crippen molar-refractivity contribution in [3.05, 3.63) is 52.6 Å². The van der Waals surface area contributed by atoms with Gasteiger partial charge in [-0.25, -0.2) is 0 Å². The van der Waals surface area contributed by atoms with Crippen molar-refractivity contribution in [3.8, 4) is 11.5 Å². The Bertz CT molecular complexity index is 1250. The van der Waals surface area contributed by atoms with Crippen LogP contribution in [0.2, 0.25) is 0 Å². The molecule has 1 fully saturated rings. The first kappa shape index (κ1) is 27.9. The van der Waals surface area contributed by atoms with Crippen molar-refractivity contribution in [2.45, 2.75) is 45.6 Å². The fraction of sp³-hybridized carbons (Fsp3) is 0.448. The lowest BCUT2D eigenvalue weighted by atomic mass is 10.0. The lowest BCUT2D eigenvalue weighted by Gasteiger charge is -2.23. The van der Waals surface area contributed by atoms with Crippen molar-refractivity contribution in [2.24, 2.45) is 0 Å². The molecule has 2 aliphatic heterocycles. The number of ketones is 1. The summed E-state index contributed by atoms with van der Waals surface area (Å²) in [6.07, 6.45) is 3.44. The van der Waals surface area contributed by atoms with E-state index in [1.54, 1.807) is 30.1 Å². The zero-order chi connectivity index (χ0) is 27.9. The number of hydrogen-bond donors (Lipinski definition) is 3. The Labute approximate surface area is 228 Å². The van der Waals surface area contributed by atoms with Crippen LogP contribution in [0.1, 0.15) is 70.9 Å². The number of fused-ring (bicyclic) bond motifs is 1. The number of anilines is 1. The van der Waals surface area contributed by atoms with Gasteiger partial charge in [0.15, 0.2) is 5.78 Å².